The van der Waals surface area contributed by atoms with Crippen LogP contribution in [0, 0.1) is 6.92 Å². The molecule has 0 aliphatic carbocycles. The molecule has 0 saturated carbocycles. The molecular formula is C42H34O12. The topological polar surface area (TPSA) is 158 Å². The molecule has 0 fully saturated rings. The maximum atomic E-state index is 13.1. The highest BCUT2D eigenvalue weighted by molar-refractivity contribution is 5.98. The molecule has 0 bridgehead atoms. The maximum Gasteiger partial charge on any atom is 0.349 e. The molecule has 5 aromatic rings. The number of hydrogen-bond donors (Lipinski definition) is 0. The van der Waals surface area contributed by atoms with Crippen LogP contribution < -0.4 is 18.9 Å². The van der Waals surface area contributed by atoms with E-state index in [0.29, 0.717) is 40.5 Å². The van der Waals surface area contributed by atoms with Crippen LogP contribution in [0.15, 0.2) is 116 Å². The second-order valence-electron chi connectivity index (χ2n) is 11.7. The Morgan fingerprint density at radius 2 is 1.04 bits per heavy atom. The van der Waals surface area contributed by atoms with Crippen LogP contribution >= 0.6 is 0 Å². The summed E-state index contributed by atoms with van der Waals surface area (Å²) in [6.07, 6.45) is 3.19. The van der Waals surface area contributed by atoms with Gasteiger partial charge in [-0.15, -0.1) is 0 Å². The van der Waals surface area contributed by atoms with Gasteiger partial charge in [-0.2, -0.15) is 0 Å². The number of ether oxygens (including phenoxy) is 6. The zero-order valence-electron chi connectivity index (χ0n) is 29.2. The summed E-state index contributed by atoms with van der Waals surface area (Å²) in [6.45, 7) is 7.93. The van der Waals surface area contributed by atoms with Crippen molar-refractivity contribution in [3.05, 3.63) is 133 Å². The van der Waals surface area contributed by atoms with E-state index in [2.05, 4.69) is 17.9 Å². The zero-order chi connectivity index (χ0) is 38.6. The fourth-order valence-corrected chi connectivity index (χ4v) is 5.09. The van der Waals surface area contributed by atoms with E-state index in [4.69, 9.17) is 23.7 Å². The molecule has 0 atom stereocenters. The molecule has 54 heavy (non-hydrogen) atoms. The van der Waals surface area contributed by atoms with Gasteiger partial charge in [0.15, 0.2) is 6.61 Å². The summed E-state index contributed by atoms with van der Waals surface area (Å²) in [4.78, 5) is 72.4. The molecule has 5 rings (SSSR count). The summed E-state index contributed by atoms with van der Waals surface area (Å²) in [5.74, 6) is -2.51. The van der Waals surface area contributed by atoms with Gasteiger partial charge in [-0.25, -0.2) is 24.0 Å². The molecule has 0 spiro atoms. The van der Waals surface area contributed by atoms with E-state index in [1.165, 1.54) is 12.1 Å². The number of benzene rings is 5. The number of esters is 6. The van der Waals surface area contributed by atoms with E-state index in [0.717, 1.165) is 22.9 Å². The Hall–Kier alpha value is -7.08. The van der Waals surface area contributed by atoms with Crippen LogP contribution in [0.5, 0.6) is 23.0 Å². The van der Waals surface area contributed by atoms with Gasteiger partial charge in [0.1, 0.15) is 23.0 Å². The Kier molecular flexibility index (Phi) is 12.7. The summed E-state index contributed by atoms with van der Waals surface area (Å²) >= 11 is 0. The van der Waals surface area contributed by atoms with Crippen molar-refractivity contribution in [3.8, 4) is 23.0 Å². The molecule has 274 valence electrons. The van der Waals surface area contributed by atoms with Crippen molar-refractivity contribution in [2.75, 3.05) is 13.2 Å². The second kappa shape index (κ2) is 17.9. The minimum Gasteiger partial charge on any atom is -0.463 e. The first-order chi connectivity index (χ1) is 26.0. The van der Waals surface area contributed by atoms with E-state index >= 15 is 0 Å². The van der Waals surface area contributed by atoms with Crippen LogP contribution in [-0.4, -0.2) is 49.0 Å². The third-order valence-corrected chi connectivity index (χ3v) is 7.80. The number of aryl methyl sites for hydroxylation is 1. The van der Waals surface area contributed by atoms with Crippen molar-refractivity contribution in [1.29, 1.82) is 0 Å². The van der Waals surface area contributed by atoms with Crippen LogP contribution in [0.25, 0.3) is 21.5 Å². The van der Waals surface area contributed by atoms with Gasteiger partial charge in [0.05, 0.1) is 17.7 Å². The van der Waals surface area contributed by atoms with Crippen LogP contribution in [0.3, 0.4) is 0 Å². The molecule has 0 heterocycles. The smallest absolute Gasteiger partial charge is 0.349 e. The first-order valence-corrected chi connectivity index (χ1v) is 16.6. The lowest BCUT2D eigenvalue weighted by Gasteiger charge is -2.11. The van der Waals surface area contributed by atoms with Crippen LogP contribution in [0.4, 0.5) is 0 Å². The summed E-state index contributed by atoms with van der Waals surface area (Å²) in [6, 6.07) is 24.4. The molecule has 12 heteroatoms. The summed E-state index contributed by atoms with van der Waals surface area (Å²) in [5.41, 5.74) is 1.13. The highest BCUT2D eigenvalue weighted by Crippen LogP contribution is 2.28. The first kappa shape index (κ1) is 38.2. The van der Waals surface area contributed by atoms with Crippen molar-refractivity contribution in [2.45, 2.75) is 26.2 Å². The molecule has 0 aliphatic heterocycles. The summed E-state index contributed by atoms with van der Waals surface area (Å²) in [7, 11) is 0. The molecule has 0 aromatic heterocycles. The molecule has 12 nitrogen and oxygen atoms in total. The van der Waals surface area contributed by atoms with Gasteiger partial charge >= 0.3 is 35.8 Å². The average molecular weight is 731 g/mol. The van der Waals surface area contributed by atoms with Crippen molar-refractivity contribution in [3.63, 3.8) is 0 Å². The van der Waals surface area contributed by atoms with E-state index in [1.54, 1.807) is 85.8 Å². The minimum absolute atomic E-state index is 0.159. The maximum absolute atomic E-state index is 13.1. The minimum atomic E-state index is -0.761. The fraction of sp³-hybridized carbons (Fsp3) is 0.143. The van der Waals surface area contributed by atoms with Gasteiger partial charge in [-0.3, -0.25) is 4.79 Å². The Labute approximate surface area is 309 Å². The molecule has 0 aliphatic rings. The van der Waals surface area contributed by atoms with E-state index < -0.39 is 42.4 Å². The monoisotopic (exact) mass is 730 g/mol. The summed E-state index contributed by atoms with van der Waals surface area (Å²) < 4.78 is 31.4. The number of carbonyl (C=O) groups is 6. The van der Waals surface area contributed by atoms with Gasteiger partial charge in [-0.1, -0.05) is 37.4 Å². The van der Waals surface area contributed by atoms with Crippen molar-refractivity contribution in [2.24, 2.45) is 0 Å². The van der Waals surface area contributed by atoms with E-state index in [9.17, 15) is 28.8 Å². The van der Waals surface area contributed by atoms with Crippen molar-refractivity contribution in [1.82, 2.24) is 0 Å². The Morgan fingerprint density at radius 3 is 1.63 bits per heavy atom. The molecule has 0 saturated heterocycles. The lowest BCUT2D eigenvalue weighted by Crippen LogP contribution is -2.17. The highest BCUT2D eigenvalue weighted by Gasteiger charge is 2.16. The van der Waals surface area contributed by atoms with Gasteiger partial charge < -0.3 is 28.4 Å². The Morgan fingerprint density at radius 1 is 0.537 bits per heavy atom. The molecule has 0 unspecified atom stereocenters. The van der Waals surface area contributed by atoms with E-state index in [-0.39, 0.29) is 35.8 Å². The predicted octanol–water partition coefficient (Wildman–Crippen LogP) is 7.18. The molecule has 0 radical (unpaired) electrons. The third-order valence-electron chi connectivity index (χ3n) is 7.80. The van der Waals surface area contributed by atoms with Crippen molar-refractivity contribution >= 4 is 57.4 Å². The normalized spacial score (nSPS) is 10.5. The highest BCUT2D eigenvalue weighted by atomic mass is 16.6. The third kappa shape index (κ3) is 10.5. The molecular weight excluding hydrogens is 696 g/mol. The molecule has 0 amide bonds. The van der Waals surface area contributed by atoms with Crippen LogP contribution in [-0.2, 0) is 28.7 Å². The largest absolute Gasteiger partial charge is 0.463 e. The number of hydrogen-bond acceptors (Lipinski definition) is 12. The number of fused-ring (bicyclic) bond motifs is 2. The Balaban J connectivity index is 1.14. The second-order valence-corrected chi connectivity index (χ2v) is 11.7. The number of rotatable bonds is 15. The number of carbonyl (C=O) groups excluding carboxylic acids is 6. The van der Waals surface area contributed by atoms with Crippen molar-refractivity contribution < 1.29 is 57.2 Å². The van der Waals surface area contributed by atoms with Crippen LogP contribution in [0.1, 0.15) is 45.5 Å². The lowest BCUT2D eigenvalue weighted by atomic mass is 10.1. The van der Waals surface area contributed by atoms with Gasteiger partial charge in [0, 0.05) is 18.6 Å². The SMILES string of the molecule is C=CC(=O)OCCCCC(=O)Oc1ccc2cc(C(=O)Oc3ccc(OC(=O)c4ccc5cc(OC(=O)COC(=O)C=C)ccc5c4)cc3C)ccc2c1. The molecule has 5 aromatic carbocycles. The zero-order valence-corrected chi connectivity index (χ0v) is 29.2. The van der Waals surface area contributed by atoms with Gasteiger partial charge in [-0.05, 0) is 114 Å². The predicted molar refractivity (Wildman–Crippen MR) is 196 cm³/mol. The Bertz CT molecular complexity index is 2290. The van der Waals surface area contributed by atoms with E-state index in [1.807, 2.05) is 0 Å². The standard InChI is InChI=1S/C42H34O12/c1-4-37(43)49-19-7-6-8-39(45)51-34-15-13-28-22-32(12-10-29(28)23-34)42(48)54-36-18-17-33(20-26(36)3)53-41(47)31-11-9-30-24-35(16-14-27(30)21-31)52-40(46)25-50-38(44)5-2/h4-5,9-18,20-24H,1-2,6-8,19,25H2,3H3. The average Bonchev–Trinajstić information content (AvgIpc) is 3.17. The van der Waals surface area contributed by atoms with Gasteiger partial charge in [0.25, 0.3) is 0 Å². The number of unbranched alkanes of at least 4 members (excludes halogenated alkanes) is 1. The van der Waals surface area contributed by atoms with Gasteiger partial charge in [0.2, 0.25) is 0 Å². The first-order valence-electron chi connectivity index (χ1n) is 16.6. The quantitative estimate of drug-likeness (QED) is 0.0463. The van der Waals surface area contributed by atoms with Crippen LogP contribution in [0.2, 0.25) is 0 Å². The summed E-state index contributed by atoms with van der Waals surface area (Å²) in [5, 5.41) is 2.85. The fourth-order valence-electron chi connectivity index (χ4n) is 5.09. The molecule has 0 N–H and O–H groups in total. The lowest BCUT2D eigenvalue weighted by molar-refractivity contribution is -0.150.